The Morgan fingerprint density at radius 3 is 1.76 bits per heavy atom. The van der Waals surface area contributed by atoms with Crippen LogP contribution in [0, 0.1) is 29.6 Å². The molecule has 174 valence electrons. The van der Waals surface area contributed by atoms with Crippen molar-refractivity contribution in [2.24, 2.45) is 5.92 Å². The highest BCUT2D eigenvalue weighted by atomic mass is 14.3. The summed E-state index contributed by atoms with van der Waals surface area (Å²) in [6, 6.07) is 17.3. The van der Waals surface area contributed by atoms with E-state index in [2.05, 4.69) is 86.1 Å². The van der Waals surface area contributed by atoms with Crippen LogP contribution in [0.25, 0.3) is 0 Å². The summed E-state index contributed by atoms with van der Waals surface area (Å²) >= 11 is 0. The minimum absolute atomic E-state index is 0.745. The van der Waals surface area contributed by atoms with Crippen molar-refractivity contribution in [1.82, 2.24) is 0 Å². The maximum atomic E-state index is 3.33. The second-order valence-electron chi connectivity index (χ2n) is 9.78. The molecule has 1 fully saturated rings. The zero-order chi connectivity index (χ0) is 23.1. The van der Waals surface area contributed by atoms with Crippen molar-refractivity contribution in [3.63, 3.8) is 0 Å². The van der Waals surface area contributed by atoms with Crippen molar-refractivity contribution in [1.29, 1.82) is 0 Å². The lowest BCUT2D eigenvalue weighted by molar-refractivity contribution is 0.302. The quantitative estimate of drug-likeness (QED) is 0.270. The minimum atomic E-state index is 0.745. The van der Waals surface area contributed by atoms with E-state index in [1.807, 2.05) is 0 Å². The Hall–Kier alpha value is -2.44. The molecule has 2 aromatic carbocycles. The fourth-order valence-corrected chi connectivity index (χ4v) is 4.91. The maximum Gasteiger partial charge on any atom is 0.0249 e. The topological polar surface area (TPSA) is 0 Å². The van der Waals surface area contributed by atoms with Gasteiger partial charge in [0.2, 0.25) is 0 Å². The van der Waals surface area contributed by atoms with Crippen LogP contribution in [0.2, 0.25) is 0 Å². The summed E-state index contributed by atoms with van der Waals surface area (Å²) in [5.41, 5.74) is 4.72. The molecule has 0 atom stereocenters. The first-order valence-electron chi connectivity index (χ1n) is 13.5. The number of benzene rings is 2. The van der Waals surface area contributed by atoms with Crippen LogP contribution >= 0.6 is 0 Å². The van der Waals surface area contributed by atoms with Crippen LogP contribution in [0.3, 0.4) is 0 Å². The molecule has 0 radical (unpaired) electrons. The van der Waals surface area contributed by atoms with Crippen molar-refractivity contribution in [2.45, 2.75) is 103 Å². The van der Waals surface area contributed by atoms with Crippen molar-refractivity contribution >= 4 is 0 Å². The average molecular weight is 439 g/mol. The molecular formula is C33H42. The third-order valence-corrected chi connectivity index (χ3v) is 7.04. The Morgan fingerprint density at radius 1 is 0.606 bits per heavy atom. The Balaban J connectivity index is 1.43. The van der Waals surface area contributed by atoms with Crippen LogP contribution in [-0.4, -0.2) is 0 Å². The van der Waals surface area contributed by atoms with Gasteiger partial charge in [-0.25, -0.2) is 0 Å². The van der Waals surface area contributed by atoms with E-state index in [9.17, 15) is 0 Å². The molecule has 0 saturated heterocycles. The SMILES string of the molecule is CCCC#Cc1ccc(C#Cc2ccc([C@H]3CC[C@H](CCCCCCCC)CC3)cc2)cc1. The lowest BCUT2D eigenvalue weighted by Crippen LogP contribution is -2.13. The second-order valence-corrected chi connectivity index (χ2v) is 9.78. The highest BCUT2D eigenvalue weighted by Crippen LogP contribution is 2.37. The molecule has 0 amide bonds. The molecule has 0 aromatic heterocycles. The fourth-order valence-electron chi connectivity index (χ4n) is 4.91. The first kappa shape index (κ1) is 25.2. The van der Waals surface area contributed by atoms with Crippen molar-refractivity contribution < 1.29 is 0 Å². The lowest BCUT2D eigenvalue weighted by atomic mass is 9.77. The first-order chi connectivity index (χ1) is 16.3. The van der Waals surface area contributed by atoms with Gasteiger partial charge in [0.05, 0.1) is 0 Å². The summed E-state index contributed by atoms with van der Waals surface area (Å²) in [7, 11) is 0. The number of unbranched alkanes of at least 4 members (excludes halogenated alkanes) is 6. The van der Waals surface area contributed by atoms with Crippen molar-refractivity contribution in [3.05, 3.63) is 70.8 Å². The van der Waals surface area contributed by atoms with Gasteiger partial charge in [-0.05, 0) is 85.9 Å². The predicted octanol–water partition coefficient (Wildman–Crippen LogP) is 9.26. The lowest BCUT2D eigenvalue weighted by Gasteiger charge is -2.29. The molecule has 1 saturated carbocycles. The summed E-state index contributed by atoms with van der Waals surface area (Å²) < 4.78 is 0. The molecule has 0 unspecified atom stereocenters. The molecular weight excluding hydrogens is 396 g/mol. The number of rotatable bonds is 9. The molecule has 0 aliphatic heterocycles. The number of hydrogen-bond acceptors (Lipinski definition) is 0. The van der Waals surface area contributed by atoms with Crippen LogP contribution in [0.4, 0.5) is 0 Å². The predicted molar refractivity (Wildman–Crippen MR) is 143 cm³/mol. The molecule has 0 spiro atoms. The Morgan fingerprint density at radius 2 is 1.15 bits per heavy atom. The summed E-state index contributed by atoms with van der Waals surface area (Å²) in [4.78, 5) is 0. The summed E-state index contributed by atoms with van der Waals surface area (Å²) in [6.45, 7) is 4.45. The molecule has 33 heavy (non-hydrogen) atoms. The standard InChI is InChI=1S/C33H42/c1-3-5-7-8-9-11-13-29-20-24-32(25-21-29)33-26-22-31(23-27-33)19-18-30-16-14-28(15-17-30)12-10-6-4-2/h14-17,22-23,26-27,29,32H,3-9,11,13,20-21,24-25H2,1-2H3/t29-,32-. The third-order valence-electron chi connectivity index (χ3n) is 7.04. The van der Waals surface area contributed by atoms with Crippen LogP contribution in [-0.2, 0) is 0 Å². The zero-order valence-corrected chi connectivity index (χ0v) is 21.0. The molecule has 1 aliphatic carbocycles. The van der Waals surface area contributed by atoms with Gasteiger partial charge in [0.15, 0.2) is 0 Å². The summed E-state index contributed by atoms with van der Waals surface area (Å²) in [5, 5.41) is 0. The summed E-state index contributed by atoms with van der Waals surface area (Å²) in [5.74, 6) is 14.7. The van der Waals surface area contributed by atoms with E-state index < -0.39 is 0 Å². The van der Waals surface area contributed by atoms with Gasteiger partial charge in [-0.2, -0.15) is 0 Å². The summed E-state index contributed by atoms with van der Waals surface area (Å²) in [6.07, 6.45) is 17.6. The molecule has 3 rings (SSSR count). The van der Waals surface area contributed by atoms with E-state index in [1.165, 1.54) is 76.2 Å². The molecule has 1 aliphatic rings. The van der Waals surface area contributed by atoms with Gasteiger partial charge in [0, 0.05) is 23.1 Å². The van der Waals surface area contributed by atoms with Gasteiger partial charge in [-0.3, -0.25) is 0 Å². The molecule has 0 heterocycles. The van der Waals surface area contributed by atoms with Gasteiger partial charge in [-0.1, -0.05) is 94.6 Å². The Kier molecular flexibility index (Phi) is 11.2. The zero-order valence-electron chi connectivity index (χ0n) is 21.0. The Bertz CT molecular complexity index is 916. The second kappa shape index (κ2) is 14.7. The average Bonchev–Trinajstić information content (AvgIpc) is 2.86. The maximum absolute atomic E-state index is 3.33. The van der Waals surface area contributed by atoms with Crippen LogP contribution < -0.4 is 0 Å². The van der Waals surface area contributed by atoms with Crippen LogP contribution in [0.1, 0.15) is 125 Å². The molecule has 0 heteroatoms. The molecule has 0 N–H and O–H groups in total. The van der Waals surface area contributed by atoms with Crippen LogP contribution in [0.5, 0.6) is 0 Å². The third kappa shape index (κ3) is 9.14. The van der Waals surface area contributed by atoms with E-state index in [-0.39, 0.29) is 0 Å². The largest absolute Gasteiger partial charge is 0.0979 e. The van der Waals surface area contributed by atoms with Gasteiger partial charge < -0.3 is 0 Å². The molecule has 2 aromatic rings. The highest BCUT2D eigenvalue weighted by molar-refractivity contribution is 5.46. The van der Waals surface area contributed by atoms with E-state index in [0.717, 1.165) is 41.4 Å². The molecule has 0 bridgehead atoms. The Labute approximate surface area is 203 Å². The van der Waals surface area contributed by atoms with E-state index >= 15 is 0 Å². The monoisotopic (exact) mass is 438 g/mol. The van der Waals surface area contributed by atoms with E-state index in [1.54, 1.807) is 0 Å². The van der Waals surface area contributed by atoms with Gasteiger partial charge in [0.25, 0.3) is 0 Å². The molecule has 0 nitrogen and oxygen atoms in total. The van der Waals surface area contributed by atoms with Crippen molar-refractivity contribution in [2.75, 3.05) is 0 Å². The smallest absolute Gasteiger partial charge is 0.0249 e. The van der Waals surface area contributed by atoms with Gasteiger partial charge >= 0.3 is 0 Å². The van der Waals surface area contributed by atoms with Crippen LogP contribution in [0.15, 0.2) is 48.5 Å². The first-order valence-corrected chi connectivity index (χ1v) is 13.5. The minimum Gasteiger partial charge on any atom is -0.0979 e. The fraction of sp³-hybridized carbons (Fsp3) is 0.515. The number of hydrogen-bond donors (Lipinski definition) is 0. The normalized spacial score (nSPS) is 17.5. The van der Waals surface area contributed by atoms with Gasteiger partial charge in [-0.15, -0.1) is 0 Å². The van der Waals surface area contributed by atoms with Gasteiger partial charge in [0.1, 0.15) is 0 Å². The highest BCUT2D eigenvalue weighted by Gasteiger charge is 2.21. The van der Waals surface area contributed by atoms with E-state index in [0.29, 0.717) is 0 Å². The van der Waals surface area contributed by atoms with E-state index in [4.69, 9.17) is 0 Å². The van der Waals surface area contributed by atoms with Crippen molar-refractivity contribution in [3.8, 4) is 23.7 Å².